The minimum Gasteiger partial charge on any atom is -0.463 e. The Morgan fingerprint density at radius 1 is 0.795 bits per heavy atom. The summed E-state index contributed by atoms with van der Waals surface area (Å²) in [5.74, 6) is -0.545. The number of hydrogen-bond acceptors (Lipinski definition) is 7. The highest BCUT2D eigenvalue weighted by Gasteiger charge is 2.29. The Kier molecular flexibility index (Phi) is 9.65. The van der Waals surface area contributed by atoms with E-state index in [4.69, 9.17) is 13.7 Å². The number of nitrogens with one attached hydrogen (secondary N) is 1. The van der Waals surface area contributed by atoms with Crippen LogP contribution in [0.15, 0.2) is 108 Å². The average Bonchev–Trinajstić information content (AvgIpc) is 3.33. The van der Waals surface area contributed by atoms with Crippen molar-refractivity contribution in [1.29, 1.82) is 0 Å². The van der Waals surface area contributed by atoms with E-state index in [1.54, 1.807) is 56.3 Å². The van der Waals surface area contributed by atoms with Crippen LogP contribution in [0.4, 0.5) is 4.79 Å². The molecule has 9 heteroatoms. The summed E-state index contributed by atoms with van der Waals surface area (Å²) in [6.07, 6.45) is -0.310. The molecule has 0 fully saturated rings. The standard InChI is InChI=1S/C35H35NO7S/c1-24(2)42-34(37)21-26(20-25-16-18-27(19-17-25)43-44(39,40)28-10-4-3-5-11-28)22-36-35(38)41-23-33-31-14-8-6-12-29(31)30-13-7-9-15-32(30)33/h3-19,24,26,33H,20-23H2,1-2H3,(H,36,38). The summed E-state index contributed by atoms with van der Waals surface area (Å²) in [5.41, 5.74) is 5.38. The smallest absolute Gasteiger partial charge is 0.407 e. The van der Waals surface area contributed by atoms with Crippen molar-refractivity contribution in [3.05, 3.63) is 120 Å². The summed E-state index contributed by atoms with van der Waals surface area (Å²) in [5, 5.41) is 2.82. The topological polar surface area (TPSA) is 108 Å². The Balaban J connectivity index is 1.20. The van der Waals surface area contributed by atoms with Crippen molar-refractivity contribution in [2.45, 2.75) is 43.6 Å². The summed E-state index contributed by atoms with van der Waals surface area (Å²) in [7, 11) is -3.96. The molecule has 0 radical (unpaired) electrons. The normalized spacial score (nSPS) is 13.1. The van der Waals surface area contributed by atoms with Gasteiger partial charge in [-0.1, -0.05) is 78.9 Å². The lowest BCUT2D eigenvalue weighted by Gasteiger charge is -2.19. The highest BCUT2D eigenvalue weighted by Crippen LogP contribution is 2.44. The molecule has 0 spiro atoms. The maximum Gasteiger partial charge on any atom is 0.407 e. The van der Waals surface area contributed by atoms with Gasteiger partial charge in [-0.3, -0.25) is 4.79 Å². The van der Waals surface area contributed by atoms with E-state index in [9.17, 15) is 18.0 Å². The van der Waals surface area contributed by atoms with Crippen molar-refractivity contribution in [2.75, 3.05) is 13.2 Å². The van der Waals surface area contributed by atoms with Gasteiger partial charge in [0.05, 0.1) is 12.5 Å². The zero-order chi connectivity index (χ0) is 31.1. The number of carbonyl (C=O) groups is 2. The maximum absolute atomic E-state index is 12.8. The molecular weight excluding hydrogens is 578 g/mol. The van der Waals surface area contributed by atoms with Crippen LogP contribution in [0.5, 0.6) is 5.75 Å². The molecule has 0 saturated heterocycles. The molecule has 1 N–H and O–H groups in total. The zero-order valence-electron chi connectivity index (χ0n) is 24.6. The Hall–Kier alpha value is -4.63. The molecule has 1 aliphatic carbocycles. The lowest BCUT2D eigenvalue weighted by molar-refractivity contribution is -0.148. The van der Waals surface area contributed by atoms with Crippen LogP contribution in [-0.4, -0.2) is 39.7 Å². The first kappa shape index (κ1) is 30.8. The number of fused-ring (bicyclic) bond motifs is 3. The average molecular weight is 614 g/mol. The quantitative estimate of drug-likeness (QED) is 0.144. The Morgan fingerprint density at radius 3 is 2.00 bits per heavy atom. The van der Waals surface area contributed by atoms with E-state index in [2.05, 4.69) is 29.6 Å². The molecule has 8 nitrogen and oxygen atoms in total. The SMILES string of the molecule is CC(C)OC(=O)CC(CNC(=O)OCC1c2ccccc2-c2ccccc21)Cc1ccc(OS(=O)(=O)c2ccccc2)cc1. The molecule has 44 heavy (non-hydrogen) atoms. The van der Waals surface area contributed by atoms with Gasteiger partial charge in [0.15, 0.2) is 0 Å². The van der Waals surface area contributed by atoms with Crippen LogP contribution >= 0.6 is 0 Å². The van der Waals surface area contributed by atoms with Gasteiger partial charge in [-0.05, 0) is 78.3 Å². The molecule has 0 aromatic heterocycles. The third-order valence-corrected chi connectivity index (χ3v) is 8.65. The fourth-order valence-corrected chi connectivity index (χ4v) is 6.37. The van der Waals surface area contributed by atoms with Crippen LogP contribution in [0, 0.1) is 5.92 Å². The first-order chi connectivity index (χ1) is 21.2. The lowest BCUT2D eigenvalue weighted by atomic mass is 9.96. The summed E-state index contributed by atoms with van der Waals surface area (Å²) in [6, 6.07) is 30.8. The summed E-state index contributed by atoms with van der Waals surface area (Å²) in [4.78, 5) is 25.4. The predicted molar refractivity (Wildman–Crippen MR) is 167 cm³/mol. The maximum atomic E-state index is 12.8. The molecule has 0 saturated carbocycles. The second kappa shape index (κ2) is 13.8. The van der Waals surface area contributed by atoms with E-state index in [1.807, 2.05) is 24.3 Å². The van der Waals surface area contributed by atoms with Crippen LogP contribution in [-0.2, 0) is 30.8 Å². The number of amides is 1. The molecule has 0 aliphatic heterocycles. The fraction of sp³-hybridized carbons (Fsp3) is 0.257. The van der Waals surface area contributed by atoms with Gasteiger partial charge in [0.2, 0.25) is 0 Å². The molecular formula is C35H35NO7S. The number of carbonyl (C=O) groups excluding carboxylic acids is 2. The Morgan fingerprint density at radius 2 is 1.39 bits per heavy atom. The van der Waals surface area contributed by atoms with E-state index in [0.29, 0.717) is 6.42 Å². The molecule has 0 heterocycles. The van der Waals surface area contributed by atoms with Crippen molar-refractivity contribution in [1.82, 2.24) is 5.32 Å². The highest BCUT2D eigenvalue weighted by atomic mass is 32.2. The number of hydrogen-bond donors (Lipinski definition) is 1. The first-order valence-corrected chi connectivity index (χ1v) is 16.0. The van der Waals surface area contributed by atoms with Crippen LogP contribution in [0.2, 0.25) is 0 Å². The van der Waals surface area contributed by atoms with E-state index in [1.165, 1.54) is 12.1 Å². The van der Waals surface area contributed by atoms with E-state index in [0.717, 1.165) is 27.8 Å². The zero-order valence-corrected chi connectivity index (χ0v) is 25.5. The number of alkyl carbamates (subject to hydrolysis) is 1. The van der Waals surface area contributed by atoms with E-state index in [-0.39, 0.29) is 54.1 Å². The number of benzene rings is 4. The van der Waals surface area contributed by atoms with Gasteiger partial charge >= 0.3 is 22.2 Å². The van der Waals surface area contributed by atoms with Crippen molar-refractivity contribution in [2.24, 2.45) is 5.92 Å². The van der Waals surface area contributed by atoms with Crippen LogP contribution < -0.4 is 9.50 Å². The monoisotopic (exact) mass is 613 g/mol. The third-order valence-electron chi connectivity index (χ3n) is 7.39. The van der Waals surface area contributed by atoms with Crippen molar-refractivity contribution < 1.29 is 31.7 Å². The lowest BCUT2D eigenvalue weighted by Crippen LogP contribution is -2.33. The Bertz CT molecular complexity index is 1660. The predicted octanol–water partition coefficient (Wildman–Crippen LogP) is 6.49. The highest BCUT2D eigenvalue weighted by molar-refractivity contribution is 7.87. The van der Waals surface area contributed by atoms with Crippen LogP contribution in [0.25, 0.3) is 11.1 Å². The Labute approximate surface area is 258 Å². The fourth-order valence-electron chi connectivity index (χ4n) is 5.42. The van der Waals surface area contributed by atoms with Gasteiger partial charge in [0.1, 0.15) is 17.3 Å². The number of rotatable bonds is 12. The minimum absolute atomic E-state index is 0.0589. The summed E-state index contributed by atoms with van der Waals surface area (Å²) in [6.45, 7) is 3.94. The molecule has 0 bridgehead atoms. The van der Waals surface area contributed by atoms with Gasteiger partial charge in [-0.15, -0.1) is 0 Å². The van der Waals surface area contributed by atoms with Crippen molar-refractivity contribution in [3.8, 4) is 16.9 Å². The number of esters is 1. The molecule has 5 rings (SSSR count). The molecule has 4 aromatic carbocycles. The molecule has 228 valence electrons. The van der Waals surface area contributed by atoms with E-state index < -0.39 is 16.2 Å². The molecule has 1 unspecified atom stereocenters. The van der Waals surface area contributed by atoms with Gasteiger partial charge in [-0.25, -0.2) is 4.79 Å². The first-order valence-electron chi connectivity index (χ1n) is 14.6. The second-order valence-electron chi connectivity index (χ2n) is 11.0. The number of ether oxygens (including phenoxy) is 2. The molecule has 1 aliphatic rings. The van der Waals surface area contributed by atoms with E-state index >= 15 is 0 Å². The largest absolute Gasteiger partial charge is 0.463 e. The van der Waals surface area contributed by atoms with Crippen LogP contribution in [0.3, 0.4) is 0 Å². The molecule has 4 aromatic rings. The molecule has 1 amide bonds. The third kappa shape index (κ3) is 7.65. The van der Waals surface area contributed by atoms with Gasteiger partial charge in [0, 0.05) is 12.5 Å². The second-order valence-corrected chi connectivity index (χ2v) is 12.6. The van der Waals surface area contributed by atoms with Crippen LogP contribution in [0.1, 0.15) is 42.9 Å². The van der Waals surface area contributed by atoms with Gasteiger partial charge in [0.25, 0.3) is 0 Å². The van der Waals surface area contributed by atoms with Gasteiger partial charge < -0.3 is 19.0 Å². The minimum atomic E-state index is -3.96. The van der Waals surface area contributed by atoms with Gasteiger partial charge in [-0.2, -0.15) is 8.42 Å². The van der Waals surface area contributed by atoms with Crippen molar-refractivity contribution in [3.63, 3.8) is 0 Å². The van der Waals surface area contributed by atoms with Crippen molar-refractivity contribution >= 4 is 22.2 Å². The molecule has 1 atom stereocenters. The summed E-state index contributed by atoms with van der Waals surface area (Å²) < 4.78 is 41.4. The summed E-state index contributed by atoms with van der Waals surface area (Å²) >= 11 is 0.